The Labute approximate surface area is 241 Å². The fourth-order valence-corrected chi connectivity index (χ4v) is 8.01. The molecule has 2 heterocycles. The van der Waals surface area contributed by atoms with Gasteiger partial charge < -0.3 is 15.0 Å². The van der Waals surface area contributed by atoms with E-state index < -0.39 is 0 Å². The smallest absolute Gasteiger partial charge is 0.226 e. The van der Waals surface area contributed by atoms with Gasteiger partial charge in [0.05, 0.1) is 10.7 Å². The van der Waals surface area contributed by atoms with E-state index >= 15 is 0 Å². The van der Waals surface area contributed by atoms with Crippen molar-refractivity contribution in [3.05, 3.63) is 83.6 Å². The lowest BCUT2D eigenvalue weighted by molar-refractivity contribution is -0.146. The van der Waals surface area contributed by atoms with E-state index in [2.05, 4.69) is 16.9 Å². The molecule has 1 amide bonds. The zero-order valence-electron chi connectivity index (χ0n) is 23.3. The second kappa shape index (κ2) is 10.9. The van der Waals surface area contributed by atoms with Crippen molar-refractivity contribution in [2.24, 2.45) is 23.2 Å². The molecule has 4 fully saturated rings. The van der Waals surface area contributed by atoms with Crippen LogP contribution in [0.3, 0.4) is 0 Å². The number of aryl methyl sites for hydroxylation is 1. The minimum atomic E-state index is -0.187. The minimum Gasteiger partial charge on any atom is -0.487 e. The van der Waals surface area contributed by atoms with Crippen LogP contribution in [-0.4, -0.2) is 15.9 Å². The number of hydrogen-bond donors (Lipinski definition) is 1. The van der Waals surface area contributed by atoms with Crippen LogP contribution in [0.2, 0.25) is 5.02 Å². The van der Waals surface area contributed by atoms with Crippen LogP contribution in [0.1, 0.15) is 62.3 Å². The number of nitrogens with one attached hydrogen (secondary N) is 1. The Balaban J connectivity index is 1.21. The molecule has 0 radical (unpaired) electrons. The first kappa shape index (κ1) is 26.8. The number of amides is 1. The van der Waals surface area contributed by atoms with Crippen LogP contribution in [0, 0.1) is 30.1 Å². The van der Waals surface area contributed by atoms with Crippen molar-refractivity contribution in [2.45, 2.75) is 65.5 Å². The normalized spacial score (nSPS) is 24.9. The largest absolute Gasteiger partial charge is 0.487 e. The topological polar surface area (TPSA) is 67.3 Å². The molecule has 40 heavy (non-hydrogen) atoms. The minimum absolute atomic E-state index is 0.187. The third-order valence-corrected chi connectivity index (χ3v) is 9.44. The first-order chi connectivity index (χ1) is 19.4. The maximum atomic E-state index is 13.6. The Morgan fingerprint density at radius 1 is 1.20 bits per heavy atom. The number of allylic oxidation sites excluding steroid dienone is 1. The SMILES string of the molecule is C=CN(/C=C\C)c1cc(C)nc2c(OCc3c(Cl)cncc3CNC(=O)C34CC5CC(CC(C5)C3)C4)cccc12. The van der Waals surface area contributed by atoms with Crippen LogP contribution in [-0.2, 0) is 17.9 Å². The average molecular weight is 557 g/mol. The van der Waals surface area contributed by atoms with Gasteiger partial charge in [-0.25, -0.2) is 4.98 Å². The van der Waals surface area contributed by atoms with E-state index in [1.165, 1.54) is 19.3 Å². The summed E-state index contributed by atoms with van der Waals surface area (Å²) in [6.45, 7) is 8.55. The van der Waals surface area contributed by atoms with Crippen molar-refractivity contribution < 1.29 is 9.53 Å². The highest BCUT2D eigenvalue weighted by Crippen LogP contribution is 2.60. The van der Waals surface area contributed by atoms with Crippen molar-refractivity contribution in [1.29, 1.82) is 0 Å². The number of pyridine rings is 2. The zero-order valence-corrected chi connectivity index (χ0v) is 24.1. The summed E-state index contributed by atoms with van der Waals surface area (Å²) < 4.78 is 6.37. The van der Waals surface area contributed by atoms with Crippen molar-refractivity contribution in [3.8, 4) is 5.75 Å². The number of rotatable bonds is 9. The van der Waals surface area contributed by atoms with Gasteiger partial charge in [-0.1, -0.05) is 36.4 Å². The lowest BCUT2D eigenvalue weighted by Gasteiger charge is -2.55. The van der Waals surface area contributed by atoms with Gasteiger partial charge in [-0.2, -0.15) is 0 Å². The third kappa shape index (κ3) is 4.98. The van der Waals surface area contributed by atoms with Crippen molar-refractivity contribution >= 4 is 34.1 Å². The van der Waals surface area contributed by atoms with Gasteiger partial charge in [0.25, 0.3) is 0 Å². The Kier molecular flexibility index (Phi) is 7.30. The number of carbonyl (C=O) groups excluding carboxylic acids is 1. The average Bonchev–Trinajstić information content (AvgIpc) is 2.93. The number of benzene rings is 1. The van der Waals surface area contributed by atoms with Gasteiger partial charge in [0.15, 0.2) is 0 Å². The Morgan fingerprint density at radius 3 is 2.60 bits per heavy atom. The van der Waals surface area contributed by atoms with Crippen LogP contribution in [0.15, 0.2) is 61.7 Å². The van der Waals surface area contributed by atoms with Gasteiger partial charge in [0.1, 0.15) is 17.9 Å². The number of anilines is 1. The molecule has 2 aromatic heterocycles. The molecule has 3 aromatic rings. The van der Waals surface area contributed by atoms with Gasteiger partial charge in [0, 0.05) is 53.4 Å². The summed E-state index contributed by atoms with van der Waals surface area (Å²) in [6, 6.07) is 7.97. The molecule has 4 aliphatic carbocycles. The van der Waals surface area contributed by atoms with E-state index in [1.54, 1.807) is 18.6 Å². The molecule has 4 bridgehead atoms. The quantitative estimate of drug-likeness (QED) is 0.296. The number of halogens is 1. The molecule has 0 spiro atoms. The Bertz CT molecular complexity index is 1450. The number of carbonyl (C=O) groups is 1. The molecule has 0 aliphatic heterocycles. The van der Waals surface area contributed by atoms with Crippen LogP contribution in [0.5, 0.6) is 5.75 Å². The molecule has 0 saturated heterocycles. The predicted octanol–water partition coefficient (Wildman–Crippen LogP) is 7.49. The highest BCUT2D eigenvalue weighted by molar-refractivity contribution is 6.31. The van der Waals surface area contributed by atoms with E-state index in [1.807, 2.05) is 55.3 Å². The van der Waals surface area contributed by atoms with E-state index in [0.29, 0.717) is 17.3 Å². The standard InChI is InChI=1S/C33H37ClN4O2/c1-4-9-38(5-2)29-10-21(3)37-31-26(29)7-6-8-30(31)40-20-27-25(17-35-19-28(27)34)18-36-32(39)33-14-22-11-23(15-33)13-24(12-22)16-33/h4-10,17,19,22-24H,2,11-16,18,20H2,1,3H3,(H,36,39)/b9-4-. The van der Waals surface area contributed by atoms with Crippen LogP contribution in [0.4, 0.5) is 5.69 Å². The summed E-state index contributed by atoms with van der Waals surface area (Å²) in [5, 5.41) is 4.76. The van der Waals surface area contributed by atoms with Gasteiger partial charge in [0.2, 0.25) is 5.91 Å². The lowest BCUT2D eigenvalue weighted by atomic mass is 9.49. The number of aromatic nitrogens is 2. The lowest BCUT2D eigenvalue weighted by Crippen LogP contribution is -2.53. The molecule has 7 heteroatoms. The Morgan fingerprint density at radius 2 is 1.93 bits per heavy atom. The number of para-hydroxylation sites is 1. The number of hydrogen-bond acceptors (Lipinski definition) is 5. The molecular formula is C33H37ClN4O2. The zero-order chi connectivity index (χ0) is 27.9. The Hall–Kier alpha value is -3.38. The first-order valence-corrected chi connectivity index (χ1v) is 14.7. The van der Waals surface area contributed by atoms with Crippen molar-refractivity contribution in [3.63, 3.8) is 0 Å². The molecular weight excluding hydrogens is 520 g/mol. The van der Waals surface area contributed by atoms with E-state index in [-0.39, 0.29) is 17.9 Å². The van der Waals surface area contributed by atoms with Gasteiger partial charge >= 0.3 is 0 Å². The molecule has 6 nitrogen and oxygen atoms in total. The summed E-state index contributed by atoms with van der Waals surface area (Å²) in [4.78, 5) is 24.7. The molecule has 208 valence electrons. The second-order valence-corrected chi connectivity index (χ2v) is 12.3. The highest BCUT2D eigenvalue weighted by Gasteiger charge is 2.54. The molecule has 1 aromatic carbocycles. The van der Waals surface area contributed by atoms with Crippen LogP contribution >= 0.6 is 11.6 Å². The fourth-order valence-electron chi connectivity index (χ4n) is 7.78. The number of ether oxygens (including phenoxy) is 1. The number of fused-ring (bicyclic) bond motifs is 1. The van der Waals surface area contributed by atoms with E-state index in [4.69, 9.17) is 21.3 Å². The molecule has 0 unspecified atom stereocenters. The van der Waals surface area contributed by atoms with Gasteiger partial charge in [-0.05, 0) is 87.8 Å². The van der Waals surface area contributed by atoms with E-state index in [9.17, 15) is 4.79 Å². The summed E-state index contributed by atoms with van der Waals surface area (Å²) in [5.41, 5.74) is 4.15. The van der Waals surface area contributed by atoms with E-state index in [0.717, 1.165) is 70.4 Å². The maximum absolute atomic E-state index is 13.6. The summed E-state index contributed by atoms with van der Waals surface area (Å²) in [5.74, 6) is 3.05. The second-order valence-electron chi connectivity index (χ2n) is 11.9. The monoisotopic (exact) mass is 556 g/mol. The maximum Gasteiger partial charge on any atom is 0.226 e. The van der Waals surface area contributed by atoms with Crippen LogP contribution < -0.4 is 15.0 Å². The predicted molar refractivity (Wildman–Crippen MR) is 160 cm³/mol. The van der Waals surface area contributed by atoms with Gasteiger partial charge in [-0.15, -0.1) is 0 Å². The molecule has 4 aliphatic rings. The highest BCUT2D eigenvalue weighted by atomic mass is 35.5. The molecule has 4 saturated carbocycles. The fraction of sp³-hybridized carbons (Fsp3) is 0.424. The molecule has 1 N–H and O–H groups in total. The molecule has 0 atom stereocenters. The van der Waals surface area contributed by atoms with Crippen molar-refractivity contribution in [1.82, 2.24) is 15.3 Å². The van der Waals surface area contributed by atoms with Gasteiger partial charge in [-0.3, -0.25) is 9.78 Å². The van der Waals surface area contributed by atoms with Crippen molar-refractivity contribution in [2.75, 3.05) is 4.90 Å². The summed E-state index contributed by atoms with van der Waals surface area (Å²) in [6.07, 6.45) is 16.2. The van der Waals surface area contributed by atoms with Crippen LogP contribution in [0.25, 0.3) is 10.9 Å². The third-order valence-electron chi connectivity index (χ3n) is 9.12. The summed E-state index contributed by atoms with van der Waals surface area (Å²) in [7, 11) is 0. The number of nitrogens with zero attached hydrogens (tertiary/aromatic N) is 3. The summed E-state index contributed by atoms with van der Waals surface area (Å²) >= 11 is 6.64. The molecule has 7 rings (SSSR count). The first-order valence-electron chi connectivity index (χ1n) is 14.4.